The molecule has 8 heteroatoms. The minimum Gasteiger partial charge on any atom is -0.465 e. The first-order valence-electron chi connectivity index (χ1n) is 8.43. The number of amides is 1. The zero-order valence-corrected chi connectivity index (χ0v) is 16.2. The van der Waals surface area contributed by atoms with E-state index in [1.807, 2.05) is 13.8 Å². The number of carbonyl (C=O) groups excluding carboxylic acids is 2. The lowest BCUT2D eigenvalue weighted by Gasteiger charge is -2.19. The monoisotopic (exact) mass is 390 g/mol. The zero-order chi connectivity index (χ0) is 20.0. The number of esters is 1. The summed E-state index contributed by atoms with van der Waals surface area (Å²) >= 11 is 0. The number of hydrogen-bond acceptors (Lipinski definition) is 5. The van der Waals surface area contributed by atoms with Crippen molar-refractivity contribution in [2.24, 2.45) is 0 Å². The lowest BCUT2D eigenvalue weighted by molar-refractivity contribution is 0.0600. The Hall–Kier alpha value is -2.87. The van der Waals surface area contributed by atoms with E-state index in [4.69, 9.17) is 0 Å². The first kappa shape index (κ1) is 20.4. The number of ether oxygens (including phenoxy) is 1. The summed E-state index contributed by atoms with van der Waals surface area (Å²) in [7, 11) is -2.61. The van der Waals surface area contributed by atoms with Gasteiger partial charge in [0.25, 0.3) is 15.9 Å². The number of sulfonamides is 1. The average Bonchev–Trinajstić information content (AvgIpc) is 2.68. The minimum atomic E-state index is -3.86. The SMILES string of the molecule is CCN(CC)C(=O)c1cccc(NS(=O)(=O)c2ccc(C(=O)OC)cc2)c1. The first-order valence-corrected chi connectivity index (χ1v) is 9.91. The number of methoxy groups -OCH3 is 1. The predicted octanol–water partition coefficient (Wildman–Crippen LogP) is 2.76. The van der Waals surface area contributed by atoms with E-state index in [0.29, 0.717) is 18.7 Å². The van der Waals surface area contributed by atoms with Gasteiger partial charge in [-0.05, 0) is 56.3 Å². The molecule has 0 aromatic heterocycles. The molecule has 0 saturated carbocycles. The Morgan fingerprint density at radius 2 is 1.63 bits per heavy atom. The number of hydrogen-bond donors (Lipinski definition) is 1. The maximum Gasteiger partial charge on any atom is 0.337 e. The van der Waals surface area contributed by atoms with Crippen molar-refractivity contribution in [3.63, 3.8) is 0 Å². The predicted molar refractivity (Wildman–Crippen MR) is 102 cm³/mol. The summed E-state index contributed by atoms with van der Waals surface area (Å²) in [6.07, 6.45) is 0. The Bertz CT molecular complexity index is 919. The molecule has 0 aliphatic carbocycles. The molecule has 2 rings (SSSR count). The molecular weight excluding hydrogens is 368 g/mol. The molecule has 0 unspecified atom stereocenters. The third-order valence-electron chi connectivity index (χ3n) is 4.00. The van der Waals surface area contributed by atoms with Gasteiger partial charge in [-0.2, -0.15) is 0 Å². The van der Waals surface area contributed by atoms with Crippen LogP contribution in [0.25, 0.3) is 0 Å². The lowest BCUT2D eigenvalue weighted by Crippen LogP contribution is -2.30. The molecule has 1 amide bonds. The van der Waals surface area contributed by atoms with Gasteiger partial charge in [-0.3, -0.25) is 9.52 Å². The number of carbonyl (C=O) groups is 2. The van der Waals surface area contributed by atoms with Crippen molar-refractivity contribution < 1.29 is 22.7 Å². The van der Waals surface area contributed by atoms with Crippen LogP contribution < -0.4 is 4.72 Å². The molecule has 0 heterocycles. The van der Waals surface area contributed by atoms with Gasteiger partial charge in [0.15, 0.2) is 0 Å². The highest BCUT2D eigenvalue weighted by Crippen LogP contribution is 2.19. The van der Waals surface area contributed by atoms with Crippen LogP contribution in [0.2, 0.25) is 0 Å². The summed E-state index contributed by atoms with van der Waals surface area (Å²) < 4.78 is 32.2. The summed E-state index contributed by atoms with van der Waals surface area (Å²) in [6.45, 7) is 4.90. The second kappa shape index (κ2) is 8.68. The number of nitrogens with one attached hydrogen (secondary N) is 1. The van der Waals surface area contributed by atoms with Crippen LogP contribution in [0.3, 0.4) is 0 Å². The van der Waals surface area contributed by atoms with Gasteiger partial charge in [0, 0.05) is 24.3 Å². The molecule has 144 valence electrons. The van der Waals surface area contributed by atoms with Crippen molar-refractivity contribution in [3.05, 3.63) is 59.7 Å². The number of nitrogens with zero attached hydrogens (tertiary/aromatic N) is 1. The van der Waals surface area contributed by atoms with E-state index in [9.17, 15) is 18.0 Å². The van der Waals surface area contributed by atoms with Crippen molar-refractivity contribution in [2.45, 2.75) is 18.7 Å². The fourth-order valence-corrected chi connectivity index (χ4v) is 3.56. The van der Waals surface area contributed by atoms with Gasteiger partial charge in [0.1, 0.15) is 0 Å². The number of anilines is 1. The zero-order valence-electron chi connectivity index (χ0n) is 15.4. The van der Waals surface area contributed by atoms with Crippen LogP contribution in [0.15, 0.2) is 53.4 Å². The van der Waals surface area contributed by atoms with Gasteiger partial charge >= 0.3 is 5.97 Å². The topological polar surface area (TPSA) is 92.8 Å². The second-order valence-electron chi connectivity index (χ2n) is 5.68. The molecule has 0 spiro atoms. The molecule has 0 radical (unpaired) electrons. The molecule has 0 fully saturated rings. The fraction of sp³-hybridized carbons (Fsp3) is 0.263. The van der Waals surface area contributed by atoms with Crippen molar-refractivity contribution >= 4 is 27.6 Å². The normalized spacial score (nSPS) is 10.9. The third-order valence-corrected chi connectivity index (χ3v) is 5.40. The van der Waals surface area contributed by atoms with E-state index >= 15 is 0 Å². The van der Waals surface area contributed by atoms with E-state index in [1.54, 1.807) is 23.1 Å². The highest BCUT2D eigenvalue weighted by Gasteiger charge is 2.17. The molecule has 1 N–H and O–H groups in total. The summed E-state index contributed by atoms with van der Waals surface area (Å²) in [5.41, 5.74) is 0.938. The molecule has 0 saturated heterocycles. The van der Waals surface area contributed by atoms with Gasteiger partial charge in [-0.15, -0.1) is 0 Å². The van der Waals surface area contributed by atoms with Crippen molar-refractivity contribution in [2.75, 3.05) is 24.9 Å². The van der Waals surface area contributed by atoms with Gasteiger partial charge in [0.05, 0.1) is 17.6 Å². The largest absolute Gasteiger partial charge is 0.465 e. The summed E-state index contributed by atoms with van der Waals surface area (Å²) in [4.78, 5) is 25.5. The van der Waals surface area contributed by atoms with E-state index in [0.717, 1.165) is 0 Å². The van der Waals surface area contributed by atoms with Crippen molar-refractivity contribution in [1.29, 1.82) is 0 Å². The highest BCUT2D eigenvalue weighted by molar-refractivity contribution is 7.92. The van der Waals surface area contributed by atoms with Crippen LogP contribution in [0.4, 0.5) is 5.69 Å². The Morgan fingerprint density at radius 1 is 1.00 bits per heavy atom. The minimum absolute atomic E-state index is 0.00405. The molecule has 0 bridgehead atoms. The third kappa shape index (κ3) is 4.85. The standard InChI is InChI=1S/C19H22N2O5S/c1-4-21(5-2)18(22)15-7-6-8-16(13-15)20-27(24,25)17-11-9-14(10-12-17)19(23)26-3/h6-13,20H,4-5H2,1-3H3. The van der Waals surface area contributed by atoms with Gasteiger partial charge < -0.3 is 9.64 Å². The maximum absolute atomic E-state index is 12.6. The van der Waals surface area contributed by atoms with Crippen molar-refractivity contribution in [1.82, 2.24) is 4.90 Å². The smallest absolute Gasteiger partial charge is 0.337 e. The molecule has 0 atom stereocenters. The van der Waals surface area contributed by atoms with Gasteiger partial charge in [0.2, 0.25) is 0 Å². The summed E-state index contributed by atoms with van der Waals surface area (Å²) in [5, 5.41) is 0. The molecule has 2 aromatic rings. The summed E-state index contributed by atoms with van der Waals surface area (Å²) in [6, 6.07) is 11.7. The molecule has 0 aliphatic heterocycles. The Balaban J connectivity index is 2.24. The summed E-state index contributed by atoms with van der Waals surface area (Å²) in [5.74, 6) is -0.710. The molecule has 0 aliphatic rings. The van der Waals surface area contributed by atoms with E-state index in [-0.39, 0.29) is 22.1 Å². The van der Waals surface area contributed by atoms with E-state index < -0.39 is 16.0 Å². The number of benzene rings is 2. The number of rotatable bonds is 7. The van der Waals surface area contributed by atoms with Crippen LogP contribution in [0, 0.1) is 0 Å². The van der Waals surface area contributed by atoms with E-state index in [2.05, 4.69) is 9.46 Å². The van der Waals surface area contributed by atoms with Crippen molar-refractivity contribution in [3.8, 4) is 0 Å². The van der Waals surface area contributed by atoms with Crippen LogP contribution in [-0.4, -0.2) is 45.4 Å². The van der Waals surface area contributed by atoms with Crippen LogP contribution in [0.1, 0.15) is 34.6 Å². The fourth-order valence-electron chi connectivity index (χ4n) is 2.51. The Kier molecular flexibility index (Phi) is 6.57. The van der Waals surface area contributed by atoms with Crippen LogP contribution in [0.5, 0.6) is 0 Å². The van der Waals surface area contributed by atoms with Crippen LogP contribution in [-0.2, 0) is 14.8 Å². The molecule has 2 aromatic carbocycles. The average molecular weight is 390 g/mol. The van der Waals surface area contributed by atoms with Crippen LogP contribution >= 0.6 is 0 Å². The lowest BCUT2D eigenvalue weighted by atomic mass is 10.2. The molecule has 7 nitrogen and oxygen atoms in total. The molecular formula is C19H22N2O5S. The second-order valence-corrected chi connectivity index (χ2v) is 7.36. The van der Waals surface area contributed by atoms with Gasteiger partial charge in [-0.1, -0.05) is 6.07 Å². The van der Waals surface area contributed by atoms with Gasteiger partial charge in [-0.25, -0.2) is 13.2 Å². The Labute approximate surface area is 159 Å². The highest BCUT2D eigenvalue weighted by atomic mass is 32.2. The first-order chi connectivity index (χ1) is 12.8. The quantitative estimate of drug-likeness (QED) is 0.734. The Morgan fingerprint density at radius 3 is 2.19 bits per heavy atom. The maximum atomic E-state index is 12.6. The molecule has 27 heavy (non-hydrogen) atoms. The van der Waals surface area contributed by atoms with E-state index in [1.165, 1.54) is 37.4 Å².